The lowest BCUT2D eigenvalue weighted by Gasteiger charge is -1.98. The van der Waals surface area contributed by atoms with Crippen LogP contribution < -0.4 is 0 Å². The molecular weight excluding hydrogens is 333 g/mol. The molecule has 0 heterocycles. The van der Waals surface area contributed by atoms with Crippen LogP contribution in [0.3, 0.4) is 0 Å². The molecule has 0 saturated carbocycles. The maximum absolute atomic E-state index is 6.01. The molecule has 0 amide bonds. The molecule has 2 aromatic rings. The van der Waals surface area contributed by atoms with Gasteiger partial charge in [-0.2, -0.15) is 0 Å². The molecule has 2 aromatic carbocycles. The lowest BCUT2D eigenvalue weighted by molar-refractivity contribution is 1.51. The number of halogens is 2. The molecule has 0 bridgehead atoms. The highest BCUT2D eigenvalue weighted by Crippen LogP contribution is 2.23. The van der Waals surface area contributed by atoms with E-state index in [9.17, 15) is 0 Å². The number of nitrogens with zero attached hydrogens (tertiary/aromatic N) is 1. The number of hydrogen-bond donors (Lipinski definition) is 0. The summed E-state index contributed by atoms with van der Waals surface area (Å²) in [6.45, 7) is 0. The second-order valence-corrected chi connectivity index (χ2v) is 4.80. The summed E-state index contributed by atoms with van der Waals surface area (Å²) in [5.41, 5.74) is 1.90. The Morgan fingerprint density at radius 3 is 2.44 bits per heavy atom. The van der Waals surface area contributed by atoms with Crippen LogP contribution in [0.25, 0.3) is 0 Å². The normalized spacial score (nSPS) is 10.9. The van der Waals surface area contributed by atoms with Crippen molar-refractivity contribution in [3.63, 3.8) is 0 Å². The minimum Gasteiger partial charge on any atom is -0.255 e. The first-order chi connectivity index (χ1) is 7.77. The fraction of sp³-hybridized carbons (Fsp3) is 0. The summed E-state index contributed by atoms with van der Waals surface area (Å²) in [6, 6.07) is 15.6. The summed E-state index contributed by atoms with van der Waals surface area (Å²) in [5, 5.41) is 0.671. The van der Waals surface area contributed by atoms with E-state index >= 15 is 0 Å². The van der Waals surface area contributed by atoms with Crippen molar-refractivity contribution in [1.29, 1.82) is 0 Å². The summed E-state index contributed by atoms with van der Waals surface area (Å²) in [6.07, 6.45) is 1.84. The van der Waals surface area contributed by atoms with Gasteiger partial charge in [-0.25, -0.2) is 0 Å². The van der Waals surface area contributed by atoms with Gasteiger partial charge in [0.05, 0.1) is 10.7 Å². The maximum atomic E-state index is 6.01. The lowest BCUT2D eigenvalue weighted by Crippen LogP contribution is -1.84. The first kappa shape index (κ1) is 11.6. The molecule has 1 nitrogen and oxygen atoms in total. The molecule has 16 heavy (non-hydrogen) atoms. The van der Waals surface area contributed by atoms with Crippen LogP contribution in [0.1, 0.15) is 5.56 Å². The zero-order valence-electron chi connectivity index (χ0n) is 8.40. The molecule has 0 N–H and O–H groups in total. The van der Waals surface area contributed by atoms with Crippen LogP contribution in [0.4, 0.5) is 5.69 Å². The van der Waals surface area contributed by atoms with Crippen molar-refractivity contribution in [3.8, 4) is 0 Å². The van der Waals surface area contributed by atoms with E-state index in [2.05, 4.69) is 33.6 Å². The van der Waals surface area contributed by atoms with Gasteiger partial charge in [-0.15, -0.1) is 0 Å². The van der Waals surface area contributed by atoms with Gasteiger partial charge in [0.1, 0.15) is 0 Å². The smallest absolute Gasteiger partial charge is 0.0816 e. The Labute approximate surface area is 113 Å². The third-order valence-corrected chi connectivity index (χ3v) is 3.40. The quantitative estimate of drug-likeness (QED) is 0.555. The Balaban J connectivity index is 2.29. The summed E-state index contributed by atoms with van der Waals surface area (Å²) in [5.74, 6) is 0. The molecular formula is C13H9ClIN. The van der Waals surface area contributed by atoms with Gasteiger partial charge in [0, 0.05) is 15.3 Å². The van der Waals surface area contributed by atoms with Gasteiger partial charge in [-0.05, 0) is 40.8 Å². The maximum Gasteiger partial charge on any atom is 0.0816 e. The average molecular weight is 342 g/mol. The summed E-state index contributed by atoms with van der Waals surface area (Å²) < 4.78 is 1.18. The summed E-state index contributed by atoms with van der Waals surface area (Å²) in [7, 11) is 0. The van der Waals surface area contributed by atoms with Crippen LogP contribution in [-0.2, 0) is 0 Å². The monoisotopic (exact) mass is 341 g/mol. The van der Waals surface area contributed by atoms with Gasteiger partial charge in [0.15, 0.2) is 0 Å². The molecule has 0 aliphatic carbocycles. The predicted octanol–water partition coefficient (Wildman–Crippen LogP) is 4.70. The Morgan fingerprint density at radius 1 is 1.00 bits per heavy atom. The lowest BCUT2D eigenvalue weighted by atomic mass is 10.2. The molecule has 0 saturated heterocycles. The van der Waals surface area contributed by atoms with Gasteiger partial charge in [-0.1, -0.05) is 41.9 Å². The molecule has 0 radical (unpaired) electrons. The molecule has 0 fully saturated rings. The minimum atomic E-state index is 0.671. The largest absolute Gasteiger partial charge is 0.255 e. The van der Waals surface area contributed by atoms with E-state index in [0.29, 0.717) is 5.02 Å². The van der Waals surface area contributed by atoms with E-state index in [1.54, 1.807) is 0 Å². The predicted molar refractivity (Wildman–Crippen MR) is 77.9 cm³/mol. The third kappa shape index (κ3) is 2.83. The molecule has 0 unspecified atom stereocenters. The second-order valence-electron chi connectivity index (χ2n) is 3.23. The zero-order chi connectivity index (χ0) is 11.4. The van der Waals surface area contributed by atoms with Crippen LogP contribution in [0.15, 0.2) is 53.5 Å². The highest BCUT2D eigenvalue weighted by molar-refractivity contribution is 14.1. The molecule has 80 valence electrons. The van der Waals surface area contributed by atoms with Gasteiger partial charge < -0.3 is 0 Å². The van der Waals surface area contributed by atoms with E-state index in [1.165, 1.54) is 3.57 Å². The fourth-order valence-electron chi connectivity index (χ4n) is 1.28. The molecule has 0 spiro atoms. The van der Waals surface area contributed by atoms with Gasteiger partial charge in [0.2, 0.25) is 0 Å². The van der Waals surface area contributed by atoms with Crippen molar-refractivity contribution in [2.24, 2.45) is 4.99 Å². The van der Waals surface area contributed by atoms with E-state index in [1.807, 2.05) is 48.7 Å². The Kier molecular flexibility index (Phi) is 3.96. The molecule has 3 heteroatoms. The Hall–Kier alpha value is -0.870. The van der Waals surface area contributed by atoms with Crippen molar-refractivity contribution < 1.29 is 0 Å². The first-order valence-corrected chi connectivity index (χ1v) is 6.26. The Bertz CT molecular complexity index is 475. The van der Waals surface area contributed by atoms with E-state index < -0.39 is 0 Å². The number of hydrogen-bond acceptors (Lipinski definition) is 1. The number of benzene rings is 2. The van der Waals surface area contributed by atoms with Crippen LogP contribution in [0.2, 0.25) is 5.02 Å². The van der Waals surface area contributed by atoms with Crippen LogP contribution >= 0.6 is 34.2 Å². The first-order valence-electron chi connectivity index (χ1n) is 4.80. The molecule has 0 aromatic heterocycles. The third-order valence-electron chi connectivity index (χ3n) is 2.10. The standard InChI is InChI=1S/C13H9ClIN/c14-11-6-2-4-8-13(11)16-9-10-5-1-3-7-12(10)15/h1-9H. The summed E-state index contributed by atoms with van der Waals surface area (Å²) in [4.78, 5) is 4.38. The number of para-hydroxylation sites is 1. The average Bonchev–Trinajstić information content (AvgIpc) is 2.30. The topological polar surface area (TPSA) is 12.4 Å². The highest BCUT2D eigenvalue weighted by Gasteiger charge is 1.96. The Morgan fingerprint density at radius 2 is 1.69 bits per heavy atom. The van der Waals surface area contributed by atoms with Crippen molar-refractivity contribution in [1.82, 2.24) is 0 Å². The van der Waals surface area contributed by atoms with Crippen molar-refractivity contribution in [2.75, 3.05) is 0 Å². The van der Waals surface area contributed by atoms with Crippen molar-refractivity contribution in [2.45, 2.75) is 0 Å². The van der Waals surface area contributed by atoms with E-state index in [-0.39, 0.29) is 0 Å². The van der Waals surface area contributed by atoms with Crippen molar-refractivity contribution >= 4 is 46.1 Å². The number of aliphatic imine (C=N–C) groups is 1. The second kappa shape index (κ2) is 5.46. The molecule has 0 aliphatic rings. The highest BCUT2D eigenvalue weighted by atomic mass is 127. The van der Waals surface area contributed by atoms with E-state index in [0.717, 1.165) is 11.3 Å². The van der Waals surface area contributed by atoms with Gasteiger partial charge in [-0.3, -0.25) is 4.99 Å². The van der Waals surface area contributed by atoms with E-state index in [4.69, 9.17) is 11.6 Å². The fourth-order valence-corrected chi connectivity index (χ4v) is 1.99. The molecule has 0 aliphatic heterocycles. The SMILES string of the molecule is Clc1ccccc1N=Cc1ccccc1I. The van der Waals surface area contributed by atoms with Gasteiger partial charge >= 0.3 is 0 Å². The molecule has 2 rings (SSSR count). The van der Waals surface area contributed by atoms with Crippen LogP contribution in [0, 0.1) is 3.57 Å². The zero-order valence-corrected chi connectivity index (χ0v) is 11.3. The summed E-state index contributed by atoms with van der Waals surface area (Å²) >= 11 is 8.30. The van der Waals surface area contributed by atoms with Crippen LogP contribution in [-0.4, -0.2) is 6.21 Å². The molecule has 0 atom stereocenters. The van der Waals surface area contributed by atoms with Gasteiger partial charge in [0.25, 0.3) is 0 Å². The number of rotatable bonds is 2. The van der Waals surface area contributed by atoms with Crippen molar-refractivity contribution in [3.05, 3.63) is 62.7 Å². The van der Waals surface area contributed by atoms with Crippen LogP contribution in [0.5, 0.6) is 0 Å². The minimum absolute atomic E-state index is 0.671.